The number of aromatic nitrogens is 4. The van der Waals surface area contributed by atoms with E-state index in [2.05, 4.69) is 25.4 Å². The standard InChI is InChI=1S/C17H21N5O2S/c1-10-5-6-11-12(7-10)20-16(19-11)25-9-13(23)18-8-14-21-15(22-24-14)17(2,3)4/h5-7H,8-9H2,1-4H3,(H,18,23)(H,19,20). The van der Waals surface area contributed by atoms with Gasteiger partial charge in [0.25, 0.3) is 0 Å². The molecule has 2 N–H and O–H groups in total. The van der Waals surface area contributed by atoms with Crippen LogP contribution < -0.4 is 5.32 Å². The van der Waals surface area contributed by atoms with Crippen molar-refractivity contribution in [3.8, 4) is 0 Å². The second-order valence-electron chi connectivity index (χ2n) is 6.89. The van der Waals surface area contributed by atoms with Crippen LogP contribution in [0.15, 0.2) is 27.9 Å². The Morgan fingerprint density at radius 3 is 2.84 bits per heavy atom. The Bertz CT molecular complexity index is 894. The Morgan fingerprint density at radius 1 is 1.32 bits per heavy atom. The third-order valence-corrected chi connectivity index (χ3v) is 4.40. The third-order valence-electron chi connectivity index (χ3n) is 3.53. The van der Waals surface area contributed by atoms with Crippen molar-refractivity contribution < 1.29 is 9.32 Å². The SMILES string of the molecule is Cc1ccc2nc(SCC(=O)NCc3nc(C(C)(C)C)no3)[nH]c2c1. The summed E-state index contributed by atoms with van der Waals surface area (Å²) in [6.45, 7) is 8.27. The maximum absolute atomic E-state index is 12.0. The van der Waals surface area contributed by atoms with Crippen molar-refractivity contribution in [3.63, 3.8) is 0 Å². The van der Waals surface area contributed by atoms with Gasteiger partial charge in [0.1, 0.15) is 0 Å². The van der Waals surface area contributed by atoms with Gasteiger partial charge in [0, 0.05) is 5.41 Å². The van der Waals surface area contributed by atoms with Crippen LogP contribution in [-0.4, -0.2) is 31.8 Å². The molecule has 0 radical (unpaired) electrons. The highest BCUT2D eigenvalue weighted by molar-refractivity contribution is 7.99. The summed E-state index contributed by atoms with van der Waals surface area (Å²) in [6, 6.07) is 6.02. The van der Waals surface area contributed by atoms with E-state index in [0.29, 0.717) is 11.7 Å². The molecule has 8 heteroatoms. The van der Waals surface area contributed by atoms with Gasteiger partial charge in [-0.05, 0) is 24.6 Å². The average molecular weight is 359 g/mol. The van der Waals surface area contributed by atoms with Crippen LogP contribution in [0, 0.1) is 6.92 Å². The zero-order valence-electron chi connectivity index (χ0n) is 14.7. The van der Waals surface area contributed by atoms with E-state index in [1.54, 1.807) is 0 Å². The van der Waals surface area contributed by atoms with E-state index in [1.165, 1.54) is 17.3 Å². The molecule has 0 saturated carbocycles. The topological polar surface area (TPSA) is 96.7 Å². The number of aromatic amines is 1. The Morgan fingerprint density at radius 2 is 2.12 bits per heavy atom. The first-order valence-electron chi connectivity index (χ1n) is 8.00. The molecular formula is C17H21N5O2S. The van der Waals surface area contributed by atoms with Crippen molar-refractivity contribution in [2.75, 3.05) is 5.75 Å². The van der Waals surface area contributed by atoms with E-state index >= 15 is 0 Å². The van der Waals surface area contributed by atoms with Crippen LogP contribution in [0.4, 0.5) is 0 Å². The molecule has 0 aliphatic heterocycles. The maximum Gasteiger partial charge on any atom is 0.246 e. The molecule has 0 saturated heterocycles. The quantitative estimate of drug-likeness (QED) is 0.680. The summed E-state index contributed by atoms with van der Waals surface area (Å²) in [5, 5.41) is 7.44. The van der Waals surface area contributed by atoms with Crippen molar-refractivity contribution in [2.24, 2.45) is 0 Å². The summed E-state index contributed by atoms with van der Waals surface area (Å²) in [7, 11) is 0. The molecule has 0 atom stereocenters. The molecular weight excluding hydrogens is 338 g/mol. The predicted molar refractivity (Wildman–Crippen MR) is 96.4 cm³/mol. The third kappa shape index (κ3) is 4.39. The van der Waals surface area contributed by atoms with Gasteiger partial charge in [0.2, 0.25) is 11.8 Å². The minimum absolute atomic E-state index is 0.114. The highest BCUT2D eigenvalue weighted by atomic mass is 32.2. The van der Waals surface area contributed by atoms with Crippen molar-refractivity contribution >= 4 is 28.7 Å². The molecule has 0 aliphatic rings. The normalized spacial score (nSPS) is 11.8. The number of hydrogen-bond donors (Lipinski definition) is 2. The van der Waals surface area contributed by atoms with Crippen LogP contribution in [0.1, 0.15) is 38.0 Å². The summed E-state index contributed by atoms with van der Waals surface area (Å²) in [6.07, 6.45) is 0. The number of carbonyl (C=O) groups excluding carboxylic acids is 1. The molecule has 0 spiro atoms. The van der Waals surface area contributed by atoms with Crippen LogP contribution in [0.2, 0.25) is 0 Å². The molecule has 2 heterocycles. The van der Waals surface area contributed by atoms with Gasteiger partial charge in [-0.2, -0.15) is 4.98 Å². The molecule has 0 fully saturated rings. The number of benzene rings is 1. The predicted octanol–water partition coefficient (Wildman–Crippen LogP) is 2.96. The summed E-state index contributed by atoms with van der Waals surface area (Å²) in [5.41, 5.74) is 2.86. The maximum atomic E-state index is 12.0. The second kappa shape index (κ2) is 6.87. The molecule has 7 nitrogen and oxygen atoms in total. The number of carbonyl (C=O) groups is 1. The Hall–Kier alpha value is -2.35. The molecule has 25 heavy (non-hydrogen) atoms. The second-order valence-corrected chi connectivity index (χ2v) is 7.85. The van der Waals surface area contributed by atoms with Gasteiger partial charge in [0.15, 0.2) is 11.0 Å². The Labute approximate surface area is 150 Å². The first-order valence-corrected chi connectivity index (χ1v) is 8.99. The molecule has 0 aliphatic carbocycles. The average Bonchev–Trinajstić information content (AvgIpc) is 3.16. The zero-order valence-corrected chi connectivity index (χ0v) is 15.5. The van der Waals surface area contributed by atoms with Crippen LogP contribution in [0.3, 0.4) is 0 Å². The molecule has 0 unspecified atom stereocenters. The zero-order chi connectivity index (χ0) is 18.0. The first kappa shape index (κ1) is 17.5. The number of fused-ring (bicyclic) bond motifs is 1. The van der Waals surface area contributed by atoms with Gasteiger partial charge in [-0.25, -0.2) is 4.98 Å². The molecule has 2 aromatic heterocycles. The Kier molecular flexibility index (Phi) is 4.80. The number of nitrogens with one attached hydrogen (secondary N) is 2. The largest absolute Gasteiger partial charge is 0.346 e. The number of hydrogen-bond acceptors (Lipinski definition) is 6. The highest BCUT2D eigenvalue weighted by Crippen LogP contribution is 2.20. The van der Waals surface area contributed by atoms with E-state index in [9.17, 15) is 4.79 Å². The molecule has 132 valence electrons. The van der Waals surface area contributed by atoms with E-state index in [-0.39, 0.29) is 23.6 Å². The van der Waals surface area contributed by atoms with Gasteiger partial charge in [-0.1, -0.05) is 43.8 Å². The van der Waals surface area contributed by atoms with E-state index in [0.717, 1.165) is 16.2 Å². The summed E-state index contributed by atoms with van der Waals surface area (Å²) in [4.78, 5) is 24.0. The van der Waals surface area contributed by atoms with Crippen LogP contribution in [0.25, 0.3) is 11.0 Å². The number of amides is 1. The lowest BCUT2D eigenvalue weighted by Gasteiger charge is -2.10. The molecule has 3 aromatic rings. The summed E-state index contributed by atoms with van der Waals surface area (Å²) >= 11 is 1.36. The molecule has 0 bridgehead atoms. The van der Waals surface area contributed by atoms with Gasteiger partial charge < -0.3 is 14.8 Å². The first-order chi connectivity index (χ1) is 11.8. The van der Waals surface area contributed by atoms with Gasteiger partial charge in [-0.15, -0.1) is 0 Å². The number of nitrogens with zero attached hydrogens (tertiary/aromatic N) is 3. The van der Waals surface area contributed by atoms with Crippen molar-refractivity contribution in [1.82, 2.24) is 25.4 Å². The van der Waals surface area contributed by atoms with Crippen LogP contribution >= 0.6 is 11.8 Å². The number of H-pyrrole nitrogens is 1. The summed E-state index contributed by atoms with van der Waals surface area (Å²) < 4.78 is 5.15. The van der Waals surface area contributed by atoms with Gasteiger partial charge in [0.05, 0.1) is 23.3 Å². The lowest BCUT2D eigenvalue weighted by molar-refractivity contribution is -0.118. The lowest BCUT2D eigenvalue weighted by atomic mass is 9.96. The smallest absolute Gasteiger partial charge is 0.246 e. The van der Waals surface area contributed by atoms with Crippen LogP contribution in [-0.2, 0) is 16.8 Å². The minimum atomic E-state index is -0.179. The van der Waals surface area contributed by atoms with E-state index < -0.39 is 0 Å². The molecule has 1 aromatic carbocycles. The van der Waals surface area contributed by atoms with Crippen molar-refractivity contribution in [2.45, 2.75) is 44.8 Å². The van der Waals surface area contributed by atoms with E-state index in [1.807, 2.05) is 45.9 Å². The number of aryl methyl sites for hydroxylation is 1. The molecule has 1 amide bonds. The Balaban J connectivity index is 1.51. The van der Waals surface area contributed by atoms with Gasteiger partial charge in [-0.3, -0.25) is 4.79 Å². The number of rotatable bonds is 5. The fraction of sp³-hybridized carbons (Fsp3) is 0.412. The fourth-order valence-corrected chi connectivity index (χ4v) is 2.87. The van der Waals surface area contributed by atoms with Crippen molar-refractivity contribution in [1.29, 1.82) is 0 Å². The highest BCUT2D eigenvalue weighted by Gasteiger charge is 2.21. The lowest BCUT2D eigenvalue weighted by Crippen LogP contribution is -2.25. The number of thioether (sulfide) groups is 1. The van der Waals surface area contributed by atoms with Gasteiger partial charge >= 0.3 is 0 Å². The fourth-order valence-electron chi connectivity index (χ4n) is 2.16. The summed E-state index contributed by atoms with van der Waals surface area (Å²) in [5.74, 6) is 1.18. The van der Waals surface area contributed by atoms with E-state index in [4.69, 9.17) is 4.52 Å². The van der Waals surface area contributed by atoms with Crippen LogP contribution in [0.5, 0.6) is 0 Å². The number of imidazole rings is 1. The monoisotopic (exact) mass is 359 g/mol. The molecule has 3 rings (SSSR count). The minimum Gasteiger partial charge on any atom is -0.346 e. The van der Waals surface area contributed by atoms with Crippen molar-refractivity contribution in [3.05, 3.63) is 35.5 Å².